The predicted octanol–water partition coefficient (Wildman–Crippen LogP) is 1.97. The first-order valence-corrected chi connectivity index (χ1v) is 6.21. The molecule has 98 valence electrons. The van der Waals surface area contributed by atoms with Gasteiger partial charge in [-0.1, -0.05) is 29.9 Å². The molecule has 0 aliphatic rings. The van der Waals surface area contributed by atoms with Crippen LogP contribution in [0.5, 0.6) is 0 Å². The van der Waals surface area contributed by atoms with Crippen LogP contribution in [0.2, 0.25) is 5.02 Å². The number of ether oxygens (including phenoxy) is 1. The molecule has 0 aromatic heterocycles. The summed E-state index contributed by atoms with van der Waals surface area (Å²) in [6, 6.07) is 5.29. The van der Waals surface area contributed by atoms with Gasteiger partial charge in [-0.3, -0.25) is 4.79 Å². The molecule has 1 aromatic carbocycles. The summed E-state index contributed by atoms with van der Waals surface area (Å²) in [5.41, 5.74) is 6.93. The number of thiocarbonyl (C=S) groups is 1. The van der Waals surface area contributed by atoms with Crippen molar-refractivity contribution in [3.63, 3.8) is 0 Å². The van der Waals surface area contributed by atoms with Gasteiger partial charge in [-0.25, -0.2) is 0 Å². The highest BCUT2D eigenvalue weighted by molar-refractivity contribution is 7.80. The van der Waals surface area contributed by atoms with Gasteiger partial charge in [0.1, 0.15) is 11.5 Å². The third-order valence-electron chi connectivity index (χ3n) is 2.32. The lowest BCUT2D eigenvalue weighted by Gasteiger charge is -2.21. The second-order valence-corrected chi connectivity index (χ2v) is 4.51. The number of esters is 1. The largest absolute Gasteiger partial charge is 0.465 e. The Morgan fingerprint density at radius 1 is 1.56 bits per heavy atom. The smallest absolute Gasteiger partial charge is 0.325 e. The number of hydrogen-bond donors (Lipinski definition) is 1. The van der Waals surface area contributed by atoms with E-state index in [-0.39, 0.29) is 17.5 Å². The fraction of sp³-hybridized carbons (Fsp3) is 0.333. The number of hydrogen-bond acceptors (Lipinski definition) is 4. The number of carbonyl (C=O) groups excluding carboxylic acids is 1. The standard InChI is InChI=1S/C12H15ClN2O2S/c1-3-17-10(16)7-15(2)9-6-4-5-8(13)11(9)12(14)18/h4-6H,3,7H2,1-2H3,(H2,14,18). The first-order chi connectivity index (χ1) is 8.47. The maximum atomic E-state index is 11.4. The van der Waals surface area contributed by atoms with E-state index >= 15 is 0 Å². The second-order valence-electron chi connectivity index (χ2n) is 3.66. The molecule has 4 nitrogen and oxygen atoms in total. The van der Waals surface area contributed by atoms with Crippen LogP contribution in [0.25, 0.3) is 0 Å². The maximum absolute atomic E-state index is 11.4. The molecule has 0 bridgehead atoms. The first-order valence-electron chi connectivity index (χ1n) is 5.42. The van der Waals surface area contributed by atoms with E-state index in [1.807, 2.05) is 0 Å². The average Bonchev–Trinajstić information content (AvgIpc) is 2.28. The number of carbonyl (C=O) groups is 1. The molecule has 0 aliphatic carbocycles. The topological polar surface area (TPSA) is 55.6 Å². The summed E-state index contributed by atoms with van der Waals surface area (Å²) >= 11 is 11.0. The third kappa shape index (κ3) is 3.58. The lowest BCUT2D eigenvalue weighted by Crippen LogP contribution is -2.29. The Balaban J connectivity index is 2.98. The van der Waals surface area contributed by atoms with E-state index in [2.05, 4.69) is 0 Å². The quantitative estimate of drug-likeness (QED) is 0.662. The van der Waals surface area contributed by atoms with Gasteiger partial charge in [-0.2, -0.15) is 0 Å². The van der Waals surface area contributed by atoms with Gasteiger partial charge >= 0.3 is 5.97 Å². The molecule has 1 rings (SSSR count). The monoisotopic (exact) mass is 286 g/mol. The van der Waals surface area contributed by atoms with Crippen molar-refractivity contribution in [1.82, 2.24) is 0 Å². The van der Waals surface area contributed by atoms with Crippen molar-refractivity contribution < 1.29 is 9.53 Å². The zero-order valence-corrected chi connectivity index (χ0v) is 11.8. The van der Waals surface area contributed by atoms with Crippen LogP contribution < -0.4 is 10.6 Å². The zero-order chi connectivity index (χ0) is 13.7. The third-order valence-corrected chi connectivity index (χ3v) is 2.84. The summed E-state index contributed by atoms with van der Waals surface area (Å²) in [7, 11) is 1.75. The minimum Gasteiger partial charge on any atom is -0.465 e. The van der Waals surface area contributed by atoms with Gasteiger partial charge in [0.05, 0.1) is 17.2 Å². The van der Waals surface area contributed by atoms with E-state index in [1.165, 1.54) is 0 Å². The van der Waals surface area contributed by atoms with Crippen molar-refractivity contribution in [3.05, 3.63) is 28.8 Å². The normalized spacial score (nSPS) is 9.94. The van der Waals surface area contributed by atoms with E-state index in [9.17, 15) is 4.79 Å². The number of nitrogens with zero attached hydrogens (tertiary/aromatic N) is 1. The molecule has 0 fully saturated rings. The molecule has 18 heavy (non-hydrogen) atoms. The van der Waals surface area contributed by atoms with Gasteiger partial charge in [0.15, 0.2) is 0 Å². The van der Waals surface area contributed by atoms with Crippen LogP contribution in [-0.2, 0) is 9.53 Å². The van der Waals surface area contributed by atoms with E-state index in [1.54, 1.807) is 37.1 Å². The minimum atomic E-state index is -0.311. The number of benzene rings is 1. The highest BCUT2D eigenvalue weighted by Gasteiger charge is 2.15. The molecule has 0 aliphatic heterocycles. The highest BCUT2D eigenvalue weighted by Crippen LogP contribution is 2.26. The molecule has 0 heterocycles. The maximum Gasteiger partial charge on any atom is 0.325 e. The molecule has 0 saturated carbocycles. The molecule has 0 radical (unpaired) electrons. The minimum absolute atomic E-state index is 0.115. The van der Waals surface area contributed by atoms with Crippen LogP contribution in [0.1, 0.15) is 12.5 Å². The summed E-state index contributed by atoms with van der Waals surface area (Å²) in [5, 5.41) is 0.468. The highest BCUT2D eigenvalue weighted by atomic mass is 35.5. The lowest BCUT2D eigenvalue weighted by atomic mass is 10.1. The van der Waals surface area contributed by atoms with Crippen LogP contribution in [0.4, 0.5) is 5.69 Å². The van der Waals surface area contributed by atoms with Crippen LogP contribution in [0.3, 0.4) is 0 Å². The lowest BCUT2D eigenvalue weighted by molar-refractivity contribution is -0.141. The molecule has 0 saturated heterocycles. The SMILES string of the molecule is CCOC(=O)CN(C)c1cccc(Cl)c1C(N)=S. The Morgan fingerprint density at radius 3 is 2.78 bits per heavy atom. The summed E-state index contributed by atoms with van der Waals surface area (Å²) in [5.74, 6) is -0.311. The van der Waals surface area contributed by atoms with E-state index in [0.717, 1.165) is 0 Å². The fourth-order valence-electron chi connectivity index (χ4n) is 1.56. The number of anilines is 1. The summed E-state index contributed by atoms with van der Waals surface area (Å²) in [6.07, 6.45) is 0. The molecule has 0 atom stereocenters. The Labute approximate surface area is 117 Å². The Kier molecular flexibility index (Phi) is 5.37. The van der Waals surface area contributed by atoms with Gasteiger partial charge in [-0.15, -0.1) is 0 Å². The number of halogens is 1. The molecule has 6 heteroatoms. The second kappa shape index (κ2) is 6.56. The van der Waals surface area contributed by atoms with E-state index in [4.69, 9.17) is 34.3 Å². The van der Waals surface area contributed by atoms with Gasteiger partial charge in [0.25, 0.3) is 0 Å². The molecular weight excluding hydrogens is 272 g/mol. The van der Waals surface area contributed by atoms with Gasteiger partial charge in [0.2, 0.25) is 0 Å². The van der Waals surface area contributed by atoms with Crippen molar-refractivity contribution in [3.8, 4) is 0 Å². The summed E-state index contributed by atoms with van der Waals surface area (Å²) < 4.78 is 4.89. The van der Waals surface area contributed by atoms with E-state index < -0.39 is 0 Å². The van der Waals surface area contributed by atoms with Crippen LogP contribution in [0.15, 0.2) is 18.2 Å². The van der Waals surface area contributed by atoms with Gasteiger partial charge in [0, 0.05) is 12.7 Å². The molecule has 0 spiro atoms. The molecule has 0 amide bonds. The number of rotatable bonds is 5. The van der Waals surface area contributed by atoms with Crippen molar-refractivity contribution >= 4 is 40.5 Å². The Morgan fingerprint density at radius 2 is 2.22 bits per heavy atom. The molecular formula is C12H15ClN2O2S. The van der Waals surface area contributed by atoms with Crippen LogP contribution in [-0.4, -0.2) is 31.2 Å². The number of likely N-dealkylation sites (N-methyl/N-ethyl adjacent to an activating group) is 1. The Bertz CT molecular complexity index is 465. The fourth-order valence-corrected chi connectivity index (χ4v) is 2.10. The van der Waals surface area contributed by atoms with Crippen molar-refractivity contribution in [1.29, 1.82) is 0 Å². The van der Waals surface area contributed by atoms with Crippen LogP contribution in [0, 0.1) is 0 Å². The van der Waals surface area contributed by atoms with E-state index in [0.29, 0.717) is 22.9 Å². The van der Waals surface area contributed by atoms with Crippen molar-refractivity contribution in [2.75, 3.05) is 25.1 Å². The Hall–Kier alpha value is -1.33. The molecule has 2 N–H and O–H groups in total. The summed E-state index contributed by atoms with van der Waals surface area (Å²) in [4.78, 5) is 13.3. The van der Waals surface area contributed by atoms with Gasteiger partial charge < -0.3 is 15.4 Å². The molecule has 0 unspecified atom stereocenters. The van der Waals surface area contributed by atoms with Crippen molar-refractivity contribution in [2.24, 2.45) is 5.73 Å². The summed E-state index contributed by atoms with van der Waals surface area (Å²) in [6.45, 7) is 2.23. The van der Waals surface area contributed by atoms with Gasteiger partial charge in [-0.05, 0) is 19.1 Å². The first kappa shape index (κ1) is 14.7. The number of nitrogens with two attached hydrogens (primary N) is 1. The van der Waals surface area contributed by atoms with Crippen LogP contribution >= 0.6 is 23.8 Å². The molecule has 1 aromatic rings. The average molecular weight is 287 g/mol. The zero-order valence-electron chi connectivity index (χ0n) is 10.3. The van der Waals surface area contributed by atoms with Crippen molar-refractivity contribution in [2.45, 2.75) is 6.92 Å². The predicted molar refractivity (Wildman–Crippen MR) is 77.2 cm³/mol.